The van der Waals surface area contributed by atoms with Crippen LogP contribution in [0.5, 0.6) is 0 Å². The first kappa shape index (κ1) is 15.9. The maximum absolute atomic E-state index is 5.91. The van der Waals surface area contributed by atoms with Crippen LogP contribution in [0.25, 0.3) is 17.0 Å². The van der Waals surface area contributed by atoms with E-state index in [4.69, 9.17) is 9.40 Å². The van der Waals surface area contributed by atoms with E-state index in [0.29, 0.717) is 5.89 Å². The van der Waals surface area contributed by atoms with Gasteiger partial charge < -0.3 is 4.42 Å². The molecule has 126 valence electrons. The van der Waals surface area contributed by atoms with Crippen LogP contribution in [0.2, 0.25) is 0 Å². The molecule has 3 heteroatoms. The lowest BCUT2D eigenvalue weighted by atomic mass is 10.0. The van der Waals surface area contributed by atoms with Crippen LogP contribution in [0, 0.1) is 6.92 Å². The van der Waals surface area contributed by atoms with Crippen molar-refractivity contribution < 1.29 is 4.42 Å². The molecular formula is C22H22N2O. The predicted molar refractivity (Wildman–Crippen MR) is 101 cm³/mol. The number of aryl methyl sites for hydroxylation is 1. The summed E-state index contributed by atoms with van der Waals surface area (Å²) < 4.78 is 5.91. The van der Waals surface area contributed by atoms with Crippen molar-refractivity contribution in [2.45, 2.75) is 19.9 Å². The second kappa shape index (κ2) is 7.08. The van der Waals surface area contributed by atoms with Crippen LogP contribution >= 0.6 is 0 Å². The van der Waals surface area contributed by atoms with E-state index in [1.807, 2.05) is 37.3 Å². The molecule has 0 aliphatic carbocycles. The van der Waals surface area contributed by atoms with Gasteiger partial charge in [0.25, 0.3) is 0 Å². The lowest BCUT2D eigenvalue weighted by Crippen LogP contribution is -2.28. The van der Waals surface area contributed by atoms with Crippen molar-refractivity contribution >= 4 is 5.57 Å². The Morgan fingerprint density at radius 1 is 1.00 bits per heavy atom. The number of benzene rings is 2. The molecule has 0 fully saturated rings. The molecule has 0 saturated heterocycles. The van der Waals surface area contributed by atoms with Gasteiger partial charge in [0.15, 0.2) is 0 Å². The summed E-state index contributed by atoms with van der Waals surface area (Å²) in [5.41, 5.74) is 4.70. The molecule has 4 rings (SSSR count). The van der Waals surface area contributed by atoms with Crippen LogP contribution in [0.4, 0.5) is 0 Å². The molecule has 2 heterocycles. The summed E-state index contributed by atoms with van der Waals surface area (Å²) in [6.07, 6.45) is 3.31. The summed E-state index contributed by atoms with van der Waals surface area (Å²) in [6, 6.07) is 20.7. The van der Waals surface area contributed by atoms with Gasteiger partial charge in [0.05, 0.1) is 0 Å². The second-order valence-corrected chi connectivity index (χ2v) is 6.49. The highest BCUT2D eigenvalue weighted by molar-refractivity contribution is 5.67. The van der Waals surface area contributed by atoms with Crippen LogP contribution < -0.4 is 0 Å². The average Bonchev–Trinajstić information content (AvgIpc) is 3.06. The molecule has 0 amide bonds. The lowest BCUT2D eigenvalue weighted by Gasteiger charge is -2.25. The highest BCUT2D eigenvalue weighted by atomic mass is 16.4. The molecule has 0 unspecified atom stereocenters. The number of aromatic nitrogens is 1. The van der Waals surface area contributed by atoms with Gasteiger partial charge in [-0.2, -0.15) is 0 Å². The zero-order chi connectivity index (χ0) is 17.1. The van der Waals surface area contributed by atoms with Gasteiger partial charge in [0, 0.05) is 25.2 Å². The Kier molecular flexibility index (Phi) is 4.49. The molecule has 3 nitrogen and oxygen atoms in total. The van der Waals surface area contributed by atoms with Gasteiger partial charge in [0.2, 0.25) is 5.89 Å². The zero-order valence-corrected chi connectivity index (χ0v) is 14.5. The van der Waals surface area contributed by atoms with E-state index in [1.54, 1.807) is 0 Å². The van der Waals surface area contributed by atoms with E-state index in [-0.39, 0.29) is 0 Å². The first-order chi connectivity index (χ1) is 12.3. The monoisotopic (exact) mass is 330 g/mol. The SMILES string of the molecule is Cc1oc(-c2ccccc2)nc1C1=CCN(Cc2ccccc2)CC1. The molecule has 1 aliphatic heterocycles. The maximum Gasteiger partial charge on any atom is 0.226 e. The van der Waals surface area contributed by atoms with E-state index in [9.17, 15) is 0 Å². The highest BCUT2D eigenvalue weighted by Crippen LogP contribution is 2.29. The number of oxazole rings is 1. The van der Waals surface area contributed by atoms with E-state index in [1.165, 1.54) is 11.1 Å². The summed E-state index contributed by atoms with van der Waals surface area (Å²) in [4.78, 5) is 7.22. The average molecular weight is 330 g/mol. The molecule has 0 N–H and O–H groups in total. The fourth-order valence-electron chi connectivity index (χ4n) is 3.31. The van der Waals surface area contributed by atoms with Crippen LogP contribution in [-0.2, 0) is 6.54 Å². The van der Waals surface area contributed by atoms with Crippen molar-refractivity contribution in [3.63, 3.8) is 0 Å². The van der Waals surface area contributed by atoms with Crippen molar-refractivity contribution in [2.75, 3.05) is 13.1 Å². The molecule has 1 aliphatic rings. The topological polar surface area (TPSA) is 29.3 Å². The number of rotatable bonds is 4. The molecule has 0 radical (unpaired) electrons. The standard InChI is InChI=1S/C22H22N2O/c1-17-21(23-22(25-17)20-10-6-3-7-11-20)19-12-14-24(15-13-19)16-18-8-4-2-5-9-18/h2-12H,13-16H2,1H3. The summed E-state index contributed by atoms with van der Waals surface area (Å²) in [6.45, 7) is 5.01. The minimum Gasteiger partial charge on any atom is -0.441 e. The van der Waals surface area contributed by atoms with Gasteiger partial charge in [-0.05, 0) is 36.6 Å². The van der Waals surface area contributed by atoms with Crippen LogP contribution in [0.15, 0.2) is 71.2 Å². The van der Waals surface area contributed by atoms with Crippen molar-refractivity contribution in [3.05, 3.63) is 83.8 Å². The zero-order valence-electron chi connectivity index (χ0n) is 14.5. The Balaban J connectivity index is 1.49. The van der Waals surface area contributed by atoms with Gasteiger partial charge in [-0.3, -0.25) is 4.90 Å². The summed E-state index contributed by atoms with van der Waals surface area (Å²) in [7, 11) is 0. The first-order valence-corrected chi connectivity index (χ1v) is 8.78. The molecule has 0 saturated carbocycles. The van der Waals surface area contributed by atoms with E-state index in [2.05, 4.69) is 41.3 Å². The number of hydrogen-bond donors (Lipinski definition) is 0. The quantitative estimate of drug-likeness (QED) is 0.678. The van der Waals surface area contributed by atoms with E-state index >= 15 is 0 Å². The third kappa shape index (κ3) is 3.57. The Labute approximate surface area is 148 Å². The van der Waals surface area contributed by atoms with Crippen molar-refractivity contribution in [2.24, 2.45) is 0 Å². The van der Waals surface area contributed by atoms with E-state index < -0.39 is 0 Å². The predicted octanol–water partition coefficient (Wildman–Crippen LogP) is 4.94. The van der Waals surface area contributed by atoms with Gasteiger partial charge in [-0.25, -0.2) is 4.98 Å². The van der Waals surface area contributed by atoms with Crippen LogP contribution in [-0.4, -0.2) is 23.0 Å². The molecular weight excluding hydrogens is 308 g/mol. The molecule has 0 bridgehead atoms. The van der Waals surface area contributed by atoms with Gasteiger partial charge >= 0.3 is 0 Å². The molecule has 3 aromatic rings. The Hall–Kier alpha value is -2.65. The smallest absolute Gasteiger partial charge is 0.226 e. The maximum atomic E-state index is 5.91. The van der Waals surface area contributed by atoms with Crippen LogP contribution in [0.3, 0.4) is 0 Å². The van der Waals surface area contributed by atoms with Gasteiger partial charge in [-0.15, -0.1) is 0 Å². The third-order valence-corrected chi connectivity index (χ3v) is 4.66. The normalized spacial score (nSPS) is 15.2. The minimum absolute atomic E-state index is 0.709. The fraction of sp³-hybridized carbons (Fsp3) is 0.227. The summed E-state index contributed by atoms with van der Waals surface area (Å²) in [5, 5.41) is 0. The molecule has 1 aromatic heterocycles. The lowest BCUT2D eigenvalue weighted by molar-refractivity contribution is 0.293. The fourth-order valence-corrected chi connectivity index (χ4v) is 3.31. The van der Waals surface area contributed by atoms with Crippen molar-refractivity contribution in [3.8, 4) is 11.5 Å². The minimum atomic E-state index is 0.709. The number of nitrogens with zero attached hydrogens (tertiary/aromatic N) is 2. The summed E-state index contributed by atoms with van der Waals surface area (Å²) in [5.74, 6) is 1.61. The van der Waals surface area contributed by atoms with E-state index in [0.717, 1.165) is 43.1 Å². The Morgan fingerprint density at radius 2 is 1.72 bits per heavy atom. The van der Waals surface area contributed by atoms with Crippen molar-refractivity contribution in [1.29, 1.82) is 0 Å². The largest absolute Gasteiger partial charge is 0.441 e. The third-order valence-electron chi connectivity index (χ3n) is 4.66. The Morgan fingerprint density at radius 3 is 2.40 bits per heavy atom. The molecule has 0 spiro atoms. The van der Waals surface area contributed by atoms with Crippen LogP contribution in [0.1, 0.15) is 23.4 Å². The highest BCUT2D eigenvalue weighted by Gasteiger charge is 2.19. The molecule has 2 aromatic carbocycles. The first-order valence-electron chi connectivity index (χ1n) is 8.78. The Bertz CT molecular complexity index is 866. The van der Waals surface area contributed by atoms with Crippen molar-refractivity contribution in [1.82, 2.24) is 9.88 Å². The van der Waals surface area contributed by atoms with Gasteiger partial charge in [0.1, 0.15) is 11.5 Å². The molecule has 25 heavy (non-hydrogen) atoms. The number of hydrogen-bond acceptors (Lipinski definition) is 3. The molecule has 0 atom stereocenters. The summed E-state index contributed by atoms with van der Waals surface area (Å²) >= 11 is 0. The van der Waals surface area contributed by atoms with Gasteiger partial charge in [-0.1, -0.05) is 54.6 Å². The second-order valence-electron chi connectivity index (χ2n) is 6.49.